The van der Waals surface area contributed by atoms with E-state index in [9.17, 15) is 0 Å². The molecule has 88 valence electrons. The lowest BCUT2D eigenvalue weighted by Crippen LogP contribution is -2.18. The summed E-state index contributed by atoms with van der Waals surface area (Å²) in [5.41, 5.74) is 5.12. The molecule has 0 bridgehead atoms. The Morgan fingerprint density at radius 3 is 3.00 bits per heavy atom. The molecule has 1 aromatic carbocycles. The van der Waals surface area contributed by atoms with Crippen molar-refractivity contribution in [1.29, 1.82) is 0 Å². The summed E-state index contributed by atoms with van der Waals surface area (Å²) < 4.78 is 0. The average Bonchev–Trinajstić information content (AvgIpc) is 2.69. The van der Waals surface area contributed by atoms with Crippen molar-refractivity contribution in [3.63, 3.8) is 0 Å². The molecule has 1 atom stereocenters. The lowest BCUT2D eigenvalue weighted by Gasteiger charge is -2.19. The number of aromatic amines is 1. The number of hydrogen-bond donors (Lipinski definition) is 1. The Morgan fingerprint density at radius 1 is 1.35 bits per heavy atom. The summed E-state index contributed by atoms with van der Waals surface area (Å²) in [5, 5.41) is 1.37. The third-order valence-corrected chi connectivity index (χ3v) is 3.61. The van der Waals surface area contributed by atoms with Gasteiger partial charge in [-0.1, -0.05) is 31.5 Å². The zero-order valence-electron chi connectivity index (χ0n) is 10.5. The molecule has 0 spiro atoms. The highest BCUT2D eigenvalue weighted by Gasteiger charge is 2.21. The van der Waals surface area contributed by atoms with Crippen LogP contribution in [0, 0.1) is 0 Å². The van der Waals surface area contributed by atoms with Crippen LogP contribution in [0.25, 0.3) is 10.9 Å². The molecule has 1 aliphatic rings. The minimum atomic E-state index is 0.478. The normalized spacial score (nSPS) is 19.2. The van der Waals surface area contributed by atoms with E-state index in [1.807, 2.05) is 0 Å². The fraction of sp³-hybridized carbons (Fsp3) is 0.400. The summed E-state index contributed by atoms with van der Waals surface area (Å²) in [7, 11) is 0. The highest BCUT2D eigenvalue weighted by atomic mass is 14.9. The second-order valence-corrected chi connectivity index (χ2v) is 4.89. The molecular formula is C15H18N2. The Bertz CT molecular complexity index is 578. The monoisotopic (exact) mass is 226 g/mol. The van der Waals surface area contributed by atoms with Gasteiger partial charge >= 0.3 is 0 Å². The van der Waals surface area contributed by atoms with E-state index >= 15 is 0 Å². The van der Waals surface area contributed by atoms with Gasteiger partial charge in [-0.2, -0.15) is 0 Å². The highest BCUT2D eigenvalue weighted by Crippen LogP contribution is 2.29. The number of benzene rings is 1. The summed E-state index contributed by atoms with van der Waals surface area (Å²) in [6.07, 6.45) is 3.49. The summed E-state index contributed by atoms with van der Waals surface area (Å²) in [5.74, 6) is 0. The molecule has 0 radical (unpaired) electrons. The number of para-hydroxylation sites is 1. The predicted octanol–water partition coefficient (Wildman–Crippen LogP) is 3.70. The number of aromatic nitrogens is 1. The van der Waals surface area contributed by atoms with Crippen molar-refractivity contribution in [2.24, 2.45) is 4.99 Å². The van der Waals surface area contributed by atoms with Crippen molar-refractivity contribution in [3.8, 4) is 0 Å². The molecule has 0 fully saturated rings. The van der Waals surface area contributed by atoms with E-state index in [1.165, 1.54) is 40.7 Å². The van der Waals surface area contributed by atoms with Crippen molar-refractivity contribution in [2.75, 3.05) is 0 Å². The molecular weight excluding hydrogens is 208 g/mol. The molecule has 1 aromatic heterocycles. The second kappa shape index (κ2) is 4.02. The van der Waals surface area contributed by atoms with Crippen LogP contribution in [0.3, 0.4) is 0 Å². The summed E-state index contributed by atoms with van der Waals surface area (Å²) >= 11 is 0. The molecule has 0 saturated heterocycles. The van der Waals surface area contributed by atoms with Crippen molar-refractivity contribution in [3.05, 3.63) is 35.5 Å². The maximum Gasteiger partial charge on any atom is 0.0635 e. The zero-order chi connectivity index (χ0) is 11.8. The van der Waals surface area contributed by atoms with E-state index in [0.717, 1.165) is 6.42 Å². The van der Waals surface area contributed by atoms with Gasteiger partial charge in [0.25, 0.3) is 0 Å². The molecule has 2 heterocycles. The van der Waals surface area contributed by atoms with Crippen molar-refractivity contribution in [2.45, 2.75) is 39.2 Å². The quantitative estimate of drug-likeness (QED) is 0.808. The molecule has 1 unspecified atom stereocenters. The van der Waals surface area contributed by atoms with Gasteiger partial charge in [0.05, 0.1) is 17.4 Å². The Balaban J connectivity index is 2.13. The fourth-order valence-corrected chi connectivity index (χ4v) is 2.84. The minimum absolute atomic E-state index is 0.478. The van der Waals surface area contributed by atoms with E-state index in [0.29, 0.717) is 6.04 Å². The largest absolute Gasteiger partial charge is 0.353 e. The van der Waals surface area contributed by atoms with Gasteiger partial charge in [0, 0.05) is 10.9 Å². The van der Waals surface area contributed by atoms with Gasteiger partial charge in [-0.05, 0) is 31.4 Å². The van der Waals surface area contributed by atoms with Crippen LogP contribution in [0.2, 0.25) is 0 Å². The minimum Gasteiger partial charge on any atom is -0.353 e. The van der Waals surface area contributed by atoms with Crippen molar-refractivity contribution in [1.82, 2.24) is 4.98 Å². The molecule has 2 nitrogen and oxygen atoms in total. The molecule has 1 aliphatic heterocycles. The number of H-pyrrole nitrogens is 1. The Kier molecular flexibility index (Phi) is 2.50. The molecule has 17 heavy (non-hydrogen) atoms. The highest BCUT2D eigenvalue weighted by molar-refractivity contribution is 6.05. The van der Waals surface area contributed by atoms with Crippen LogP contribution in [0.4, 0.5) is 0 Å². The molecule has 2 aromatic rings. The first kappa shape index (κ1) is 10.6. The standard InChI is InChI=1S/C15H18N2/c1-3-6-11-9-13-12-7-4-5-8-14(12)17-15(13)10(2)16-11/h4-5,7-8,11,17H,3,6,9H2,1-2H3. The molecule has 0 aliphatic carbocycles. The van der Waals surface area contributed by atoms with E-state index in [4.69, 9.17) is 4.99 Å². The maximum atomic E-state index is 4.79. The Labute approximate surface area is 102 Å². The number of nitrogens with zero attached hydrogens (tertiary/aromatic N) is 1. The second-order valence-electron chi connectivity index (χ2n) is 4.89. The fourth-order valence-electron chi connectivity index (χ4n) is 2.84. The number of hydrogen-bond acceptors (Lipinski definition) is 1. The Hall–Kier alpha value is -1.57. The lowest BCUT2D eigenvalue weighted by atomic mass is 9.95. The van der Waals surface area contributed by atoms with E-state index < -0.39 is 0 Å². The number of fused-ring (bicyclic) bond motifs is 3. The number of nitrogens with one attached hydrogen (secondary N) is 1. The van der Waals surface area contributed by atoms with Crippen LogP contribution in [-0.4, -0.2) is 16.7 Å². The van der Waals surface area contributed by atoms with Gasteiger partial charge in [-0.25, -0.2) is 0 Å². The van der Waals surface area contributed by atoms with Gasteiger partial charge in [0.15, 0.2) is 0 Å². The van der Waals surface area contributed by atoms with Crippen LogP contribution in [0.1, 0.15) is 37.9 Å². The van der Waals surface area contributed by atoms with Crippen LogP contribution in [-0.2, 0) is 6.42 Å². The lowest BCUT2D eigenvalue weighted by molar-refractivity contribution is 0.597. The predicted molar refractivity (Wildman–Crippen MR) is 72.9 cm³/mol. The summed E-state index contributed by atoms with van der Waals surface area (Å²) in [6, 6.07) is 9.04. The van der Waals surface area contributed by atoms with Gasteiger partial charge in [-0.3, -0.25) is 4.99 Å². The average molecular weight is 226 g/mol. The van der Waals surface area contributed by atoms with Crippen molar-refractivity contribution < 1.29 is 0 Å². The first-order valence-electron chi connectivity index (χ1n) is 6.44. The van der Waals surface area contributed by atoms with Gasteiger partial charge in [-0.15, -0.1) is 0 Å². The van der Waals surface area contributed by atoms with Crippen LogP contribution >= 0.6 is 0 Å². The van der Waals surface area contributed by atoms with Crippen LogP contribution in [0.5, 0.6) is 0 Å². The molecule has 1 N–H and O–H groups in total. The smallest absolute Gasteiger partial charge is 0.0635 e. The van der Waals surface area contributed by atoms with E-state index in [2.05, 4.69) is 43.1 Å². The third kappa shape index (κ3) is 1.68. The number of rotatable bonds is 2. The third-order valence-electron chi connectivity index (χ3n) is 3.61. The summed E-state index contributed by atoms with van der Waals surface area (Å²) in [4.78, 5) is 8.29. The Morgan fingerprint density at radius 2 is 2.18 bits per heavy atom. The van der Waals surface area contributed by atoms with E-state index in [1.54, 1.807) is 0 Å². The van der Waals surface area contributed by atoms with Gasteiger partial charge < -0.3 is 4.98 Å². The maximum absolute atomic E-state index is 4.79. The SMILES string of the molecule is CCCC1Cc2c([nH]c3ccccc23)C(C)=N1. The van der Waals surface area contributed by atoms with Crippen molar-refractivity contribution >= 4 is 16.6 Å². The van der Waals surface area contributed by atoms with Crippen LogP contribution < -0.4 is 0 Å². The zero-order valence-corrected chi connectivity index (χ0v) is 10.5. The van der Waals surface area contributed by atoms with E-state index in [-0.39, 0.29) is 0 Å². The summed E-state index contributed by atoms with van der Waals surface area (Å²) in [6.45, 7) is 4.35. The molecule has 0 amide bonds. The molecule has 0 saturated carbocycles. The topological polar surface area (TPSA) is 28.1 Å². The molecule has 3 rings (SSSR count). The van der Waals surface area contributed by atoms with Crippen LogP contribution in [0.15, 0.2) is 29.3 Å². The first-order valence-corrected chi connectivity index (χ1v) is 6.44. The number of aliphatic imine (C=N–C) groups is 1. The van der Waals surface area contributed by atoms with Gasteiger partial charge in [0.1, 0.15) is 0 Å². The van der Waals surface area contributed by atoms with Gasteiger partial charge in [0.2, 0.25) is 0 Å². The first-order chi connectivity index (χ1) is 8.29. The molecule has 2 heteroatoms.